The zero-order chi connectivity index (χ0) is 21.2. The van der Waals surface area contributed by atoms with Crippen LogP contribution in [0.25, 0.3) is 0 Å². The number of halogens is 3. The predicted octanol–water partition coefficient (Wildman–Crippen LogP) is 5.55. The van der Waals surface area contributed by atoms with Crippen molar-refractivity contribution in [3.05, 3.63) is 53.1 Å². The van der Waals surface area contributed by atoms with E-state index in [2.05, 4.69) is 16.6 Å². The van der Waals surface area contributed by atoms with Gasteiger partial charge >= 0.3 is 6.36 Å². The first-order valence-electron chi connectivity index (χ1n) is 9.17. The fourth-order valence-electron chi connectivity index (χ4n) is 3.52. The molecule has 0 aromatic heterocycles. The van der Waals surface area contributed by atoms with E-state index in [9.17, 15) is 13.2 Å². The number of methoxy groups -OCH3 is 2. The van der Waals surface area contributed by atoms with Crippen LogP contribution in [-0.2, 0) is 6.54 Å². The van der Waals surface area contributed by atoms with Crippen LogP contribution in [0.5, 0.6) is 17.2 Å². The van der Waals surface area contributed by atoms with Gasteiger partial charge in [0.05, 0.1) is 25.2 Å². The normalized spacial score (nSPS) is 20.0. The lowest BCUT2D eigenvalue weighted by molar-refractivity contribution is -0.274. The number of ether oxygens (including phenoxy) is 3. The van der Waals surface area contributed by atoms with Crippen molar-refractivity contribution in [1.29, 1.82) is 0 Å². The molecule has 1 aliphatic heterocycles. The van der Waals surface area contributed by atoms with Crippen LogP contribution < -0.4 is 14.2 Å². The third-order valence-electron chi connectivity index (χ3n) is 4.66. The Morgan fingerprint density at radius 3 is 2.17 bits per heavy atom. The van der Waals surface area contributed by atoms with E-state index in [1.807, 2.05) is 30.8 Å². The molecule has 1 fully saturated rings. The summed E-state index contributed by atoms with van der Waals surface area (Å²) in [5, 5.41) is 0.408. The van der Waals surface area contributed by atoms with Crippen molar-refractivity contribution < 1.29 is 27.4 Å². The van der Waals surface area contributed by atoms with E-state index in [0.717, 1.165) is 34.7 Å². The largest absolute Gasteiger partial charge is 0.573 e. The summed E-state index contributed by atoms with van der Waals surface area (Å²) in [5.74, 6) is 1.32. The minimum absolute atomic E-state index is 0.0154. The van der Waals surface area contributed by atoms with Crippen LogP contribution in [0, 0.1) is 6.92 Å². The molecule has 0 N–H and O–H groups in total. The molecular formula is C21H24F3NO3S. The summed E-state index contributed by atoms with van der Waals surface area (Å²) >= 11 is 1.81. The average Bonchev–Trinajstić information content (AvgIpc) is 3.01. The maximum atomic E-state index is 12.4. The Kier molecular flexibility index (Phi) is 6.53. The van der Waals surface area contributed by atoms with Crippen LogP contribution in [0.4, 0.5) is 13.2 Å². The summed E-state index contributed by atoms with van der Waals surface area (Å²) < 4.78 is 52.3. The predicted molar refractivity (Wildman–Crippen MR) is 108 cm³/mol. The molecule has 0 amide bonds. The number of nitrogens with zero attached hydrogens (tertiary/aromatic N) is 1. The number of alkyl halides is 3. The van der Waals surface area contributed by atoms with E-state index >= 15 is 0 Å². The maximum Gasteiger partial charge on any atom is 0.573 e. The molecule has 1 saturated heterocycles. The molecule has 1 aliphatic rings. The molecule has 158 valence electrons. The quantitative estimate of drug-likeness (QED) is 0.604. The van der Waals surface area contributed by atoms with Crippen LogP contribution in [-0.4, -0.2) is 37.3 Å². The zero-order valence-electron chi connectivity index (χ0n) is 16.7. The van der Waals surface area contributed by atoms with Crippen LogP contribution in [0.15, 0.2) is 36.4 Å². The molecule has 0 spiro atoms. The van der Waals surface area contributed by atoms with Gasteiger partial charge in [-0.1, -0.05) is 19.1 Å². The fourth-order valence-corrected chi connectivity index (χ4v) is 4.94. The van der Waals surface area contributed by atoms with Crippen LogP contribution in [0.1, 0.15) is 29.0 Å². The Labute approximate surface area is 172 Å². The van der Waals surface area contributed by atoms with Crippen LogP contribution in [0.2, 0.25) is 0 Å². The second-order valence-corrected chi connectivity index (χ2v) is 8.53. The summed E-state index contributed by atoms with van der Waals surface area (Å²) in [6, 6.07) is 9.99. The van der Waals surface area contributed by atoms with Crippen LogP contribution in [0.3, 0.4) is 0 Å². The van der Waals surface area contributed by atoms with Gasteiger partial charge in [0.15, 0.2) is 0 Å². The molecule has 2 atom stereocenters. The van der Waals surface area contributed by atoms with Crippen molar-refractivity contribution >= 4 is 11.8 Å². The molecule has 1 heterocycles. The monoisotopic (exact) mass is 427 g/mol. The Bertz CT molecular complexity index is 817. The first-order valence-corrected chi connectivity index (χ1v) is 10.1. The summed E-state index contributed by atoms with van der Waals surface area (Å²) in [7, 11) is 3.29. The Hall–Kier alpha value is -2.06. The van der Waals surface area contributed by atoms with Gasteiger partial charge in [0.2, 0.25) is 0 Å². The smallest absolute Gasteiger partial charge is 0.496 e. The third-order valence-corrected chi connectivity index (χ3v) is 6.07. The minimum Gasteiger partial charge on any atom is -0.496 e. The second kappa shape index (κ2) is 8.75. The zero-order valence-corrected chi connectivity index (χ0v) is 17.6. The van der Waals surface area contributed by atoms with E-state index < -0.39 is 6.36 Å². The van der Waals surface area contributed by atoms with Gasteiger partial charge in [-0.15, -0.1) is 24.9 Å². The highest BCUT2D eigenvalue weighted by Gasteiger charge is 2.36. The van der Waals surface area contributed by atoms with Gasteiger partial charge in [-0.25, -0.2) is 0 Å². The SMILES string of the molecule is COc1cc(C)cc(OC)c1C1SC(C)CN1Cc1ccc(OC(F)(F)F)cc1. The molecule has 3 rings (SSSR count). The summed E-state index contributed by atoms with van der Waals surface area (Å²) in [6.45, 7) is 5.58. The van der Waals surface area contributed by atoms with Crippen LogP contribution >= 0.6 is 11.8 Å². The lowest BCUT2D eigenvalue weighted by atomic mass is 10.1. The van der Waals surface area contributed by atoms with Crippen molar-refractivity contribution in [2.45, 2.75) is 37.4 Å². The topological polar surface area (TPSA) is 30.9 Å². The molecule has 2 aromatic rings. The minimum atomic E-state index is -4.69. The molecule has 0 aliphatic carbocycles. The van der Waals surface area contributed by atoms with Crippen molar-refractivity contribution in [3.8, 4) is 17.2 Å². The van der Waals surface area contributed by atoms with E-state index in [1.54, 1.807) is 26.4 Å². The van der Waals surface area contributed by atoms with Gasteiger partial charge in [0.25, 0.3) is 0 Å². The fraction of sp³-hybridized carbons (Fsp3) is 0.429. The van der Waals surface area contributed by atoms with E-state index in [-0.39, 0.29) is 11.1 Å². The number of rotatable bonds is 6. The van der Waals surface area contributed by atoms with Crippen molar-refractivity contribution in [2.75, 3.05) is 20.8 Å². The standard InChI is InChI=1S/C21H24F3NO3S/c1-13-9-17(26-3)19(18(10-13)27-4)20-25(11-14(2)29-20)12-15-5-7-16(8-6-15)28-21(22,23)24/h5-10,14,20H,11-12H2,1-4H3. The summed E-state index contributed by atoms with van der Waals surface area (Å²) in [5.41, 5.74) is 2.93. The first kappa shape index (κ1) is 21.6. The Balaban J connectivity index is 1.85. The van der Waals surface area contributed by atoms with E-state index in [1.165, 1.54) is 12.1 Å². The Morgan fingerprint density at radius 1 is 1.07 bits per heavy atom. The first-order chi connectivity index (χ1) is 13.7. The molecule has 2 unspecified atom stereocenters. The molecule has 2 aromatic carbocycles. The average molecular weight is 427 g/mol. The van der Waals surface area contributed by atoms with Gasteiger partial charge in [-0.3, -0.25) is 4.90 Å². The van der Waals surface area contributed by atoms with E-state index in [4.69, 9.17) is 9.47 Å². The van der Waals surface area contributed by atoms with Gasteiger partial charge in [-0.05, 0) is 42.3 Å². The molecule has 0 radical (unpaired) electrons. The van der Waals surface area contributed by atoms with Gasteiger partial charge in [0, 0.05) is 18.3 Å². The molecule has 0 bridgehead atoms. The number of thioether (sulfide) groups is 1. The number of benzene rings is 2. The third kappa shape index (κ3) is 5.30. The van der Waals surface area contributed by atoms with Gasteiger partial charge in [0.1, 0.15) is 17.2 Å². The lowest BCUT2D eigenvalue weighted by Crippen LogP contribution is -2.24. The summed E-state index contributed by atoms with van der Waals surface area (Å²) in [4.78, 5) is 2.28. The number of hydrogen-bond acceptors (Lipinski definition) is 5. The van der Waals surface area contributed by atoms with Crippen molar-refractivity contribution in [2.24, 2.45) is 0 Å². The van der Waals surface area contributed by atoms with Gasteiger partial charge < -0.3 is 14.2 Å². The van der Waals surface area contributed by atoms with Gasteiger partial charge in [-0.2, -0.15) is 0 Å². The maximum absolute atomic E-state index is 12.4. The molecule has 0 saturated carbocycles. The highest BCUT2D eigenvalue weighted by molar-refractivity contribution is 8.00. The molecular weight excluding hydrogens is 403 g/mol. The number of aryl methyl sites for hydroxylation is 1. The highest BCUT2D eigenvalue weighted by Crippen LogP contribution is 2.49. The second-order valence-electron chi connectivity index (χ2n) is 7.00. The van der Waals surface area contributed by atoms with E-state index in [0.29, 0.717) is 11.8 Å². The molecule has 4 nitrogen and oxygen atoms in total. The summed E-state index contributed by atoms with van der Waals surface area (Å²) in [6.07, 6.45) is -4.69. The molecule has 8 heteroatoms. The highest BCUT2D eigenvalue weighted by atomic mass is 32.2. The van der Waals surface area contributed by atoms with Crippen molar-refractivity contribution in [1.82, 2.24) is 4.90 Å². The molecule has 29 heavy (non-hydrogen) atoms. The van der Waals surface area contributed by atoms with Crippen molar-refractivity contribution in [3.63, 3.8) is 0 Å². The Morgan fingerprint density at radius 2 is 1.66 bits per heavy atom. The lowest BCUT2D eigenvalue weighted by Gasteiger charge is -2.27. The number of hydrogen-bond donors (Lipinski definition) is 0.